The Hall–Kier alpha value is -1.68. The summed E-state index contributed by atoms with van der Waals surface area (Å²) >= 11 is 0. The standard InChI is InChI=1S/C10H10N2O2/c11-12-10(14)8-5-6-3-1-2-4-7(6)9(8)13/h1-4,8H,5,11H2,(H,12,14). The van der Waals surface area contributed by atoms with Crippen LogP contribution in [0.1, 0.15) is 15.9 Å². The Morgan fingerprint density at radius 3 is 2.79 bits per heavy atom. The number of fused-ring (bicyclic) bond motifs is 1. The Labute approximate surface area is 81.1 Å². The highest BCUT2D eigenvalue weighted by molar-refractivity contribution is 6.13. The van der Waals surface area contributed by atoms with Crippen LogP contribution in [0.15, 0.2) is 24.3 Å². The normalized spacial score (nSPS) is 19.2. The van der Waals surface area contributed by atoms with Crippen LogP contribution in [0, 0.1) is 5.92 Å². The minimum absolute atomic E-state index is 0.136. The fourth-order valence-electron chi connectivity index (χ4n) is 1.75. The maximum atomic E-state index is 11.7. The van der Waals surface area contributed by atoms with E-state index in [0.717, 1.165) is 5.56 Å². The Bertz CT molecular complexity index is 401. The van der Waals surface area contributed by atoms with Crippen molar-refractivity contribution in [1.29, 1.82) is 0 Å². The molecule has 0 saturated heterocycles. The second-order valence-electron chi connectivity index (χ2n) is 3.29. The molecule has 2 rings (SSSR count). The Morgan fingerprint density at radius 2 is 2.14 bits per heavy atom. The molecule has 0 saturated carbocycles. The summed E-state index contributed by atoms with van der Waals surface area (Å²) in [5, 5.41) is 0. The van der Waals surface area contributed by atoms with Gasteiger partial charge in [-0.05, 0) is 12.0 Å². The molecule has 72 valence electrons. The van der Waals surface area contributed by atoms with Gasteiger partial charge in [0.15, 0.2) is 5.78 Å². The van der Waals surface area contributed by atoms with Gasteiger partial charge in [-0.2, -0.15) is 0 Å². The minimum Gasteiger partial charge on any atom is -0.294 e. The van der Waals surface area contributed by atoms with Gasteiger partial charge in [0.1, 0.15) is 5.92 Å². The molecule has 0 bridgehead atoms. The lowest BCUT2D eigenvalue weighted by Gasteiger charge is -2.04. The molecule has 1 aromatic rings. The van der Waals surface area contributed by atoms with Crippen molar-refractivity contribution in [2.24, 2.45) is 11.8 Å². The maximum Gasteiger partial charge on any atom is 0.245 e. The molecule has 1 aromatic carbocycles. The number of amides is 1. The summed E-state index contributed by atoms with van der Waals surface area (Å²) in [6, 6.07) is 7.24. The van der Waals surface area contributed by atoms with E-state index in [1.165, 1.54) is 0 Å². The van der Waals surface area contributed by atoms with Gasteiger partial charge in [-0.3, -0.25) is 15.0 Å². The number of carbonyl (C=O) groups excluding carboxylic acids is 2. The van der Waals surface area contributed by atoms with Crippen LogP contribution in [-0.4, -0.2) is 11.7 Å². The molecule has 1 aliphatic rings. The molecule has 14 heavy (non-hydrogen) atoms. The van der Waals surface area contributed by atoms with Crippen LogP contribution < -0.4 is 11.3 Å². The summed E-state index contributed by atoms with van der Waals surface area (Å²) in [4.78, 5) is 22.9. The molecular weight excluding hydrogens is 180 g/mol. The van der Waals surface area contributed by atoms with Gasteiger partial charge >= 0.3 is 0 Å². The van der Waals surface area contributed by atoms with Crippen LogP contribution in [0.2, 0.25) is 0 Å². The maximum absolute atomic E-state index is 11.7. The van der Waals surface area contributed by atoms with Gasteiger partial charge in [0.25, 0.3) is 0 Å². The molecule has 0 radical (unpaired) electrons. The predicted molar refractivity (Wildman–Crippen MR) is 50.3 cm³/mol. The molecule has 1 atom stereocenters. The molecular formula is C10H10N2O2. The topological polar surface area (TPSA) is 72.2 Å². The third-order valence-corrected chi connectivity index (χ3v) is 2.48. The first-order valence-electron chi connectivity index (χ1n) is 4.36. The predicted octanol–water partition coefficient (Wildman–Crippen LogP) is 0.0315. The van der Waals surface area contributed by atoms with Crippen LogP contribution in [0.3, 0.4) is 0 Å². The van der Waals surface area contributed by atoms with E-state index in [0.29, 0.717) is 12.0 Å². The summed E-state index contributed by atoms with van der Waals surface area (Å²) in [6.07, 6.45) is 0.456. The highest BCUT2D eigenvalue weighted by atomic mass is 16.2. The van der Waals surface area contributed by atoms with Crippen LogP contribution >= 0.6 is 0 Å². The largest absolute Gasteiger partial charge is 0.294 e. The molecule has 1 unspecified atom stereocenters. The molecule has 1 aliphatic carbocycles. The highest BCUT2D eigenvalue weighted by Crippen LogP contribution is 2.26. The monoisotopic (exact) mass is 190 g/mol. The zero-order chi connectivity index (χ0) is 10.1. The van der Waals surface area contributed by atoms with Crippen molar-refractivity contribution in [2.45, 2.75) is 6.42 Å². The Balaban J connectivity index is 2.35. The van der Waals surface area contributed by atoms with Gasteiger partial charge in [-0.15, -0.1) is 0 Å². The highest BCUT2D eigenvalue weighted by Gasteiger charge is 2.34. The van der Waals surface area contributed by atoms with Crippen molar-refractivity contribution in [3.63, 3.8) is 0 Å². The van der Waals surface area contributed by atoms with Crippen LogP contribution in [0.4, 0.5) is 0 Å². The lowest BCUT2D eigenvalue weighted by Crippen LogP contribution is -2.38. The SMILES string of the molecule is NNC(=O)C1Cc2ccccc2C1=O. The quantitative estimate of drug-likeness (QED) is 0.284. The number of Topliss-reactive ketones (excluding diaryl/α,β-unsaturated/α-hetero) is 1. The number of nitrogens with one attached hydrogen (secondary N) is 1. The molecule has 3 N–H and O–H groups in total. The third kappa shape index (κ3) is 1.20. The molecule has 1 amide bonds. The van der Waals surface area contributed by atoms with E-state index in [1.54, 1.807) is 12.1 Å². The first-order valence-corrected chi connectivity index (χ1v) is 4.36. The van der Waals surface area contributed by atoms with Gasteiger partial charge in [0, 0.05) is 5.56 Å². The number of carbonyl (C=O) groups is 2. The lowest BCUT2D eigenvalue weighted by atomic mass is 10.1. The summed E-state index contributed by atoms with van der Waals surface area (Å²) in [7, 11) is 0. The van der Waals surface area contributed by atoms with Gasteiger partial charge in [-0.25, -0.2) is 5.84 Å². The van der Waals surface area contributed by atoms with Crippen molar-refractivity contribution in [2.75, 3.05) is 0 Å². The molecule has 0 fully saturated rings. The Kier molecular flexibility index (Phi) is 2.05. The summed E-state index contributed by atoms with van der Waals surface area (Å²) in [5.41, 5.74) is 3.57. The van der Waals surface area contributed by atoms with Crippen LogP contribution in [-0.2, 0) is 11.2 Å². The molecule has 4 heteroatoms. The lowest BCUT2D eigenvalue weighted by molar-refractivity contribution is -0.123. The summed E-state index contributed by atoms with van der Waals surface area (Å²) in [5.74, 6) is 3.81. The fourth-order valence-corrected chi connectivity index (χ4v) is 1.75. The van der Waals surface area contributed by atoms with E-state index in [4.69, 9.17) is 5.84 Å². The number of benzene rings is 1. The van der Waals surface area contributed by atoms with E-state index in [2.05, 4.69) is 0 Å². The average molecular weight is 190 g/mol. The Morgan fingerprint density at radius 1 is 1.43 bits per heavy atom. The second-order valence-corrected chi connectivity index (χ2v) is 3.29. The van der Waals surface area contributed by atoms with E-state index >= 15 is 0 Å². The van der Waals surface area contributed by atoms with E-state index in [-0.39, 0.29) is 5.78 Å². The third-order valence-electron chi connectivity index (χ3n) is 2.48. The number of rotatable bonds is 1. The number of hydrogen-bond acceptors (Lipinski definition) is 3. The molecule has 0 spiro atoms. The van der Waals surface area contributed by atoms with E-state index < -0.39 is 11.8 Å². The zero-order valence-corrected chi connectivity index (χ0v) is 7.49. The number of nitrogens with two attached hydrogens (primary N) is 1. The zero-order valence-electron chi connectivity index (χ0n) is 7.49. The summed E-state index contributed by atoms with van der Waals surface area (Å²) in [6.45, 7) is 0. The molecule has 0 aliphatic heterocycles. The van der Waals surface area contributed by atoms with Crippen LogP contribution in [0.5, 0.6) is 0 Å². The fraction of sp³-hybridized carbons (Fsp3) is 0.200. The van der Waals surface area contributed by atoms with Crippen molar-refractivity contribution < 1.29 is 9.59 Å². The number of hydrogen-bond donors (Lipinski definition) is 2. The van der Waals surface area contributed by atoms with Gasteiger partial charge in [-0.1, -0.05) is 24.3 Å². The first-order chi connectivity index (χ1) is 6.74. The molecule has 0 heterocycles. The molecule has 0 aromatic heterocycles. The van der Waals surface area contributed by atoms with Crippen molar-refractivity contribution >= 4 is 11.7 Å². The van der Waals surface area contributed by atoms with Gasteiger partial charge < -0.3 is 0 Å². The van der Waals surface area contributed by atoms with E-state index in [9.17, 15) is 9.59 Å². The van der Waals surface area contributed by atoms with Crippen LogP contribution in [0.25, 0.3) is 0 Å². The average Bonchev–Trinajstić information content (AvgIpc) is 2.56. The van der Waals surface area contributed by atoms with Crippen molar-refractivity contribution in [3.8, 4) is 0 Å². The number of hydrazine groups is 1. The summed E-state index contributed by atoms with van der Waals surface area (Å²) < 4.78 is 0. The molecule has 4 nitrogen and oxygen atoms in total. The van der Waals surface area contributed by atoms with Gasteiger partial charge in [0.2, 0.25) is 5.91 Å². The smallest absolute Gasteiger partial charge is 0.245 e. The second kappa shape index (κ2) is 3.23. The first kappa shape index (κ1) is 8.90. The van der Waals surface area contributed by atoms with E-state index in [1.807, 2.05) is 17.6 Å². The minimum atomic E-state index is -0.641. The van der Waals surface area contributed by atoms with Gasteiger partial charge in [0.05, 0.1) is 0 Å². The van der Waals surface area contributed by atoms with Crippen molar-refractivity contribution in [3.05, 3.63) is 35.4 Å². The number of ketones is 1. The van der Waals surface area contributed by atoms with Crippen molar-refractivity contribution in [1.82, 2.24) is 5.43 Å².